The maximum Gasteiger partial charge on any atom is 0.354 e. The number of esters is 1. The van der Waals surface area contributed by atoms with Crippen molar-refractivity contribution in [3.05, 3.63) is 51.7 Å². The summed E-state index contributed by atoms with van der Waals surface area (Å²) in [6, 6.07) is 7.64. The van der Waals surface area contributed by atoms with Crippen LogP contribution in [-0.2, 0) is 11.3 Å². The van der Waals surface area contributed by atoms with Gasteiger partial charge in [0.1, 0.15) is 11.4 Å². The number of nitrogens with zero attached hydrogens (tertiary/aromatic N) is 3. The Balaban J connectivity index is 1.47. The Labute approximate surface area is 201 Å². The second kappa shape index (κ2) is 10.1. The molecule has 1 N–H and O–H groups in total. The van der Waals surface area contributed by atoms with Crippen LogP contribution in [-0.4, -0.2) is 58.8 Å². The summed E-state index contributed by atoms with van der Waals surface area (Å²) in [6.45, 7) is 6.54. The lowest BCUT2D eigenvalue weighted by Gasteiger charge is -2.34. The van der Waals surface area contributed by atoms with Crippen molar-refractivity contribution in [2.45, 2.75) is 45.3 Å². The van der Waals surface area contributed by atoms with Crippen LogP contribution in [0.4, 0.5) is 0 Å². The molecule has 1 aliphatic heterocycles. The van der Waals surface area contributed by atoms with Gasteiger partial charge in [0.05, 0.1) is 28.4 Å². The first-order chi connectivity index (χ1) is 15.8. The van der Waals surface area contributed by atoms with Gasteiger partial charge >= 0.3 is 5.97 Å². The molecule has 0 aliphatic carbocycles. The van der Waals surface area contributed by atoms with Crippen molar-refractivity contribution in [3.63, 3.8) is 0 Å². The average Bonchev–Trinajstić information content (AvgIpc) is 3.54. The monoisotopic (exact) mass is 490 g/mol. The standard InChI is InChI=1S/C23H27ClN4O4S/c1-14(2)27-8-6-16(7-9-27)25-22(29)15-10-18(23(30)31-3)28(12-15)13-17-11-19(32-26-17)20-4-5-21(24)33-20/h4-5,10-12,14,16H,6-9,13H2,1-3H3,(H,25,29). The number of hydrogen-bond donors (Lipinski definition) is 1. The summed E-state index contributed by atoms with van der Waals surface area (Å²) in [7, 11) is 1.32. The predicted molar refractivity (Wildman–Crippen MR) is 127 cm³/mol. The van der Waals surface area contributed by atoms with Crippen LogP contribution >= 0.6 is 22.9 Å². The van der Waals surface area contributed by atoms with Gasteiger partial charge in [0.15, 0.2) is 5.76 Å². The molecule has 0 radical (unpaired) electrons. The number of aromatic nitrogens is 2. The molecule has 1 saturated heterocycles. The van der Waals surface area contributed by atoms with Crippen molar-refractivity contribution in [2.75, 3.05) is 20.2 Å². The molecular formula is C23H27ClN4O4S. The fraction of sp³-hybridized carbons (Fsp3) is 0.435. The molecule has 0 aromatic carbocycles. The van der Waals surface area contributed by atoms with Crippen LogP contribution < -0.4 is 5.32 Å². The zero-order valence-corrected chi connectivity index (χ0v) is 20.4. The third-order valence-corrected chi connectivity index (χ3v) is 7.10. The third kappa shape index (κ3) is 5.48. The van der Waals surface area contributed by atoms with Crippen molar-refractivity contribution < 1.29 is 18.8 Å². The topological polar surface area (TPSA) is 89.6 Å². The lowest BCUT2D eigenvalue weighted by Crippen LogP contribution is -2.46. The summed E-state index contributed by atoms with van der Waals surface area (Å²) < 4.78 is 12.7. The van der Waals surface area contributed by atoms with Gasteiger partial charge in [-0.3, -0.25) is 4.79 Å². The van der Waals surface area contributed by atoms with Gasteiger partial charge in [-0.25, -0.2) is 4.79 Å². The van der Waals surface area contributed by atoms with Crippen LogP contribution in [0.1, 0.15) is 53.2 Å². The van der Waals surface area contributed by atoms with E-state index in [9.17, 15) is 9.59 Å². The number of amides is 1. The summed E-state index contributed by atoms with van der Waals surface area (Å²) in [4.78, 5) is 28.5. The first-order valence-corrected chi connectivity index (χ1v) is 12.1. The first kappa shape index (κ1) is 23.5. The zero-order chi connectivity index (χ0) is 23.5. The average molecular weight is 491 g/mol. The van der Waals surface area contributed by atoms with Gasteiger partial charge in [0, 0.05) is 37.4 Å². The van der Waals surface area contributed by atoms with Crippen molar-refractivity contribution in [1.82, 2.24) is 19.9 Å². The van der Waals surface area contributed by atoms with Crippen molar-refractivity contribution in [1.29, 1.82) is 0 Å². The van der Waals surface area contributed by atoms with Gasteiger partial charge in [0.25, 0.3) is 5.91 Å². The van der Waals surface area contributed by atoms with E-state index in [0.717, 1.165) is 30.8 Å². The van der Waals surface area contributed by atoms with Crippen LogP contribution in [0.2, 0.25) is 4.34 Å². The van der Waals surface area contributed by atoms with Crippen LogP contribution in [0.15, 0.2) is 35.0 Å². The number of carbonyl (C=O) groups excluding carboxylic acids is 2. The van der Waals surface area contributed by atoms with Crippen molar-refractivity contribution in [2.24, 2.45) is 0 Å². The number of methoxy groups -OCH3 is 1. The van der Waals surface area contributed by atoms with E-state index in [4.69, 9.17) is 20.9 Å². The van der Waals surface area contributed by atoms with Gasteiger partial charge in [-0.1, -0.05) is 16.8 Å². The van der Waals surface area contributed by atoms with Crippen molar-refractivity contribution >= 4 is 34.8 Å². The molecule has 0 saturated carbocycles. The molecule has 3 aromatic rings. The molecule has 4 heterocycles. The van der Waals surface area contributed by atoms with Gasteiger partial charge in [-0.15, -0.1) is 11.3 Å². The molecule has 0 unspecified atom stereocenters. The summed E-state index contributed by atoms with van der Waals surface area (Å²) >= 11 is 7.40. The molecule has 4 rings (SSSR count). The largest absolute Gasteiger partial charge is 0.464 e. The molecule has 0 atom stereocenters. The Kier molecular flexibility index (Phi) is 7.21. The minimum absolute atomic E-state index is 0.119. The highest BCUT2D eigenvalue weighted by atomic mass is 35.5. The smallest absolute Gasteiger partial charge is 0.354 e. The van der Waals surface area contributed by atoms with E-state index in [2.05, 4.69) is 29.2 Å². The summed E-state index contributed by atoms with van der Waals surface area (Å²) in [5.41, 5.74) is 1.31. The Hall–Kier alpha value is -2.62. The van der Waals surface area contributed by atoms with E-state index in [1.165, 1.54) is 18.4 Å². The molecule has 176 valence electrons. The molecule has 10 heteroatoms. The Morgan fingerprint density at radius 1 is 1.30 bits per heavy atom. The number of thiophene rings is 1. The fourth-order valence-electron chi connectivity index (χ4n) is 3.99. The second-order valence-electron chi connectivity index (χ2n) is 8.40. The molecule has 0 bridgehead atoms. The van der Waals surface area contributed by atoms with Crippen LogP contribution in [0.5, 0.6) is 0 Å². The molecule has 1 aliphatic rings. The first-order valence-electron chi connectivity index (χ1n) is 10.9. The molecule has 1 fully saturated rings. The minimum Gasteiger partial charge on any atom is -0.464 e. The number of carbonyl (C=O) groups is 2. The molecule has 1 amide bonds. The molecule has 3 aromatic heterocycles. The summed E-state index contributed by atoms with van der Waals surface area (Å²) in [5.74, 6) is -0.122. The number of likely N-dealkylation sites (tertiary alicyclic amines) is 1. The van der Waals surface area contributed by atoms with Crippen LogP contribution in [0, 0.1) is 0 Å². The number of rotatable bonds is 7. The van der Waals surface area contributed by atoms with Crippen LogP contribution in [0.25, 0.3) is 10.6 Å². The maximum absolute atomic E-state index is 12.9. The lowest BCUT2D eigenvalue weighted by molar-refractivity contribution is 0.0589. The predicted octanol–water partition coefficient (Wildman–Crippen LogP) is 4.30. The van der Waals surface area contributed by atoms with Gasteiger partial charge < -0.3 is 24.0 Å². The highest BCUT2D eigenvalue weighted by molar-refractivity contribution is 7.19. The van der Waals surface area contributed by atoms with E-state index in [1.807, 2.05) is 6.07 Å². The molecule has 33 heavy (non-hydrogen) atoms. The number of hydrogen-bond acceptors (Lipinski definition) is 7. The Morgan fingerprint density at radius 3 is 2.70 bits per heavy atom. The van der Waals surface area contributed by atoms with E-state index in [1.54, 1.807) is 29.0 Å². The van der Waals surface area contributed by atoms with E-state index < -0.39 is 5.97 Å². The Morgan fingerprint density at radius 2 is 2.06 bits per heavy atom. The van der Waals surface area contributed by atoms with Gasteiger partial charge in [-0.05, 0) is 44.9 Å². The van der Waals surface area contributed by atoms with Gasteiger partial charge in [0.2, 0.25) is 0 Å². The normalized spacial score (nSPS) is 15.2. The second-order valence-corrected chi connectivity index (χ2v) is 10.1. The number of piperidine rings is 1. The lowest BCUT2D eigenvalue weighted by atomic mass is 10.0. The maximum atomic E-state index is 12.9. The minimum atomic E-state index is -0.520. The van der Waals surface area contributed by atoms with E-state index in [-0.39, 0.29) is 24.2 Å². The SMILES string of the molecule is COC(=O)c1cc(C(=O)NC2CCN(C(C)C)CC2)cn1Cc1cc(-c2ccc(Cl)s2)on1. The quantitative estimate of drug-likeness (QED) is 0.497. The van der Waals surface area contributed by atoms with Crippen molar-refractivity contribution in [3.8, 4) is 10.6 Å². The fourth-order valence-corrected chi connectivity index (χ4v) is 4.98. The molecule has 0 spiro atoms. The summed E-state index contributed by atoms with van der Waals surface area (Å²) in [5, 5.41) is 7.21. The van der Waals surface area contributed by atoms with E-state index in [0.29, 0.717) is 27.4 Å². The van der Waals surface area contributed by atoms with E-state index >= 15 is 0 Å². The summed E-state index contributed by atoms with van der Waals surface area (Å²) in [6.07, 6.45) is 3.47. The number of ether oxygens (including phenoxy) is 1. The Bertz CT molecular complexity index is 1130. The highest BCUT2D eigenvalue weighted by Gasteiger charge is 2.24. The number of halogens is 1. The highest BCUT2D eigenvalue weighted by Crippen LogP contribution is 2.31. The third-order valence-electron chi connectivity index (χ3n) is 5.86. The van der Waals surface area contributed by atoms with Gasteiger partial charge in [-0.2, -0.15) is 0 Å². The van der Waals surface area contributed by atoms with Crippen LogP contribution in [0.3, 0.4) is 0 Å². The molecular weight excluding hydrogens is 464 g/mol. The zero-order valence-electron chi connectivity index (χ0n) is 18.8. The number of nitrogens with one attached hydrogen (secondary N) is 1. The molecule has 8 nitrogen and oxygen atoms in total.